The Bertz CT molecular complexity index is 505. The largest absolute Gasteiger partial charge is 0.313 e. The molecule has 1 N–H and O–H groups in total. The Kier molecular flexibility index (Phi) is 5.74. The summed E-state index contributed by atoms with van der Waals surface area (Å²) >= 11 is 1.94. The number of hydrogen-bond donors (Lipinski definition) is 1. The summed E-state index contributed by atoms with van der Waals surface area (Å²) in [7, 11) is 0. The van der Waals surface area contributed by atoms with Crippen LogP contribution in [0.3, 0.4) is 0 Å². The van der Waals surface area contributed by atoms with Crippen LogP contribution in [0, 0.1) is 0 Å². The third kappa shape index (κ3) is 4.26. The molecule has 0 aliphatic heterocycles. The van der Waals surface area contributed by atoms with Gasteiger partial charge < -0.3 is 5.32 Å². The monoisotopic (exact) mass is 273 g/mol. The minimum absolute atomic E-state index is 0.678. The van der Waals surface area contributed by atoms with Crippen molar-refractivity contribution < 1.29 is 0 Å². The van der Waals surface area contributed by atoms with E-state index in [1.807, 2.05) is 11.8 Å². The zero-order valence-corrected chi connectivity index (χ0v) is 12.7. The Hall–Kier alpha value is -0.990. The normalized spacial score (nSPS) is 11.3. The van der Waals surface area contributed by atoms with Crippen LogP contribution >= 0.6 is 11.8 Å². The maximum absolute atomic E-state index is 3.61. The van der Waals surface area contributed by atoms with Crippen molar-refractivity contribution in [3.63, 3.8) is 0 Å². The highest BCUT2D eigenvalue weighted by Crippen LogP contribution is 2.23. The fourth-order valence-corrected chi connectivity index (χ4v) is 3.10. The Balaban J connectivity index is 1.84. The molecule has 0 spiro atoms. The molecular weight excluding hydrogens is 250 g/mol. The van der Waals surface area contributed by atoms with Crippen molar-refractivity contribution in [2.45, 2.75) is 37.6 Å². The molecule has 2 heteroatoms. The fraction of sp³-hybridized carbons (Fsp3) is 0.412. The topological polar surface area (TPSA) is 12.0 Å². The van der Waals surface area contributed by atoms with Crippen molar-refractivity contribution >= 4 is 22.5 Å². The van der Waals surface area contributed by atoms with Crippen LogP contribution in [0.1, 0.15) is 26.7 Å². The van der Waals surface area contributed by atoms with E-state index < -0.39 is 0 Å². The quantitative estimate of drug-likeness (QED) is 0.579. The summed E-state index contributed by atoms with van der Waals surface area (Å²) in [6, 6.07) is 15.9. The maximum atomic E-state index is 3.61. The summed E-state index contributed by atoms with van der Waals surface area (Å²) in [5, 5.41) is 6.26. The van der Waals surface area contributed by atoms with Crippen LogP contribution in [0.4, 0.5) is 0 Å². The van der Waals surface area contributed by atoms with E-state index in [1.54, 1.807) is 0 Å². The fourth-order valence-electron chi connectivity index (χ4n) is 2.27. The highest BCUT2D eigenvalue weighted by atomic mass is 32.2. The summed E-state index contributed by atoms with van der Waals surface area (Å²) in [6.07, 6.45) is 2.44. The molecule has 0 saturated heterocycles. The van der Waals surface area contributed by atoms with Gasteiger partial charge in [-0.05, 0) is 35.7 Å². The van der Waals surface area contributed by atoms with Gasteiger partial charge in [0.1, 0.15) is 0 Å². The molecule has 0 fully saturated rings. The lowest BCUT2D eigenvalue weighted by atomic mass is 10.1. The van der Waals surface area contributed by atoms with Crippen molar-refractivity contribution in [2.75, 3.05) is 12.3 Å². The Morgan fingerprint density at radius 2 is 1.74 bits per heavy atom. The van der Waals surface area contributed by atoms with Gasteiger partial charge >= 0.3 is 0 Å². The highest BCUT2D eigenvalue weighted by molar-refractivity contribution is 7.99. The highest BCUT2D eigenvalue weighted by Gasteiger charge is 2.01. The van der Waals surface area contributed by atoms with Crippen molar-refractivity contribution in [3.05, 3.63) is 42.5 Å². The minimum Gasteiger partial charge on any atom is -0.313 e. The summed E-state index contributed by atoms with van der Waals surface area (Å²) in [5.74, 6) is 1.13. The second-order valence-corrected chi connectivity index (χ2v) is 5.99. The summed E-state index contributed by atoms with van der Waals surface area (Å²) in [4.78, 5) is 1.37. The molecule has 0 aliphatic rings. The van der Waals surface area contributed by atoms with Crippen LogP contribution in [0.5, 0.6) is 0 Å². The van der Waals surface area contributed by atoms with Crippen LogP contribution in [0.15, 0.2) is 47.4 Å². The van der Waals surface area contributed by atoms with Gasteiger partial charge in [0, 0.05) is 23.2 Å². The van der Waals surface area contributed by atoms with Gasteiger partial charge in [-0.2, -0.15) is 0 Å². The van der Waals surface area contributed by atoms with E-state index >= 15 is 0 Å². The molecule has 0 aromatic heterocycles. The van der Waals surface area contributed by atoms with Crippen molar-refractivity contribution in [2.24, 2.45) is 0 Å². The first kappa shape index (κ1) is 14.4. The average Bonchev–Trinajstić information content (AvgIpc) is 2.47. The molecular formula is C17H23NS. The molecule has 0 saturated carbocycles. The van der Waals surface area contributed by atoms with Crippen LogP contribution in [-0.2, 0) is 0 Å². The van der Waals surface area contributed by atoms with E-state index in [2.05, 4.69) is 61.6 Å². The van der Waals surface area contributed by atoms with Crippen LogP contribution in [0.2, 0.25) is 0 Å². The molecule has 0 unspecified atom stereocenters. The molecule has 2 rings (SSSR count). The molecule has 0 heterocycles. The second-order valence-electron chi connectivity index (χ2n) is 4.82. The van der Waals surface area contributed by atoms with Gasteiger partial charge in [-0.15, -0.1) is 11.8 Å². The number of fused-ring (bicyclic) bond motifs is 1. The average molecular weight is 273 g/mol. The number of hydrogen-bond acceptors (Lipinski definition) is 2. The Morgan fingerprint density at radius 3 is 2.47 bits per heavy atom. The molecule has 0 bridgehead atoms. The summed E-state index contributed by atoms with van der Waals surface area (Å²) in [5.41, 5.74) is 0. The minimum atomic E-state index is 0.678. The summed E-state index contributed by atoms with van der Waals surface area (Å²) in [6.45, 7) is 5.58. The van der Waals surface area contributed by atoms with E-state index in [4.69, 9.17) is 0 Å². The zero-order chi connectivity index (χ0) is 13.5. The standard InChI is InChI=1S/C17H23NS/c1-3-16(4-2)18-11-12-19-17-10-9-14-7-5-6-8-15(14)13-17/h5-10,13,16,18H,3-4,11-12H2,1-2H3. The predicted molar refractivity (Wildman–Crippen MR) is 87.0 cm³/mol. The van der Waals surface area contributed by atoms with Gasteiger partial charge in [-0.25, -0.2) is 0 Å². The van der Waals surface area contributed by atoms with Gasteiger partial charge in [-0.1, -0.05) is 44.2 Å². The molecule has 0 atom stereocenters. The van der Waals surface area contributed by atoms with E-state index in [1.165, 1.54) is 28.5 Å². The van der Waals surface area contributed by atoms with E-state index in [9.17, 15) is 0 Å². The third-order valence-corrected chi connectivity index (χ3v) is 4.51. The first-order valence-electron chi connectivity index (χ1n) is 7.18. The number of thioether (sulfide) groups is 1. The molecule has 102 valence electrons. The van der Waals surface area contributed by atoms with Gasteiger partial charge in [0.25, 0.3) is 0 Å². The Morgan fingerprint density at radius 1 is 1.00 bits per heavy atom. The lowest BCUT2D eigenvalue weighted by Crippen LogP contribution is -2.29. The van der Waals surface area contributed by atoms with Gasteiger partial charge in [0.05, 0.1) is 0 Å². The Labute approximate surface area is 120 Å². The van der Waals surface area contributed by atoms with Crippen LogP contribution < -0.4 is 5.32 Å². The number of benzene rings is 2. The lowest BCUT2D eigenvalue weighted by Gasteiger charge is -2.14. The van der Waals surface area contributed by atoms with Gasteiger partial charge in [-0.3, -0.25) is 0 Å². The molecule has 19 heavy (non-hydrogen) atoms. The molecule has 2 aromatic carbocycles. The number of rotatable bonds is 7. The van der Waals surface area contributed by atoms with Crippen LogP contribution in [0.25, 0.3) is 10.8 Å². The van der Waals surface area contributed by atoms with E-state index in [-0.39, 0.29) is 0 Å². The first-order valence-corrected chi connectivity index (χ1v) is 8.17. The smallest absolute Gasteiger partial charge is 0.0106 e. The molecule has 2 aromatic rings. The van der Waals surface area contributed by atoms with Crippen molar-refractivity contribution in [1.29, 1.82) is 0 Å². The SMILES string of the molecule is CCC(CC)NCCSc1ccc2ccccc2c1. The van der Waals surface area contributed by atoms with E-state index in [0.29, 0.717) is 6.04 Å². The van der Waals surface area contributed by atoms with Crippen LogP contribution in [-0.4, -0.2) is 18.3 Å². The van der Waals surface area contributed by atoms with Gasteiger partial charge in [0.2, 0.25) is 0 Å². The third-order valence-electron chi connectivity index (χ3n) is 3.51. The first-order chi connectivity index (χ1) is 9.33. The van der Waals surface area contributed by atoms with Crippen molar-refractivity contribution in [1.82, 2.24) is 5.32 Å². The molecule has 1 nitrogen and oxygen atoms in total. The summed E-state index contributed by atoms with van der Waals surface area (Å²) < 4.78 is 0. The second kappa shape index (κ2) is 7.56. The molecule has 0 aliphatic carbocycles. The predicted octanol–water partition coefficient (Wildman–Crippen LogP) is 4.71. The zero-order valence-electron chi connectivity index (χ0n) is 11.9. The maximum Gasteiger partial charge on any atom is 0.0106 e. The van der Waals surface area contributed by atoms with Crippen molar-refractivity contribution in [3.8, 4) is 0 Å². The van der Waals surface area contributed by atoms with Gasteiger partial charge in [0.15, 0.2) is 0 Å². The van der Waals surface area contributed by atoms with E-state index in [0.717, 1.165) is 12.3 Å². The molecule has 0 amide bonds. The number of nitrogens with one attached hydrogen (secondary N) is 1. The molecule has 0 radical (unpaired) electrons. The lowest BCUT2D eigenvalue weighted by molar-refractivity contribution is 0.501.